The maximum Gasteiger partial charge on any atom is 0.261 e. The zero-order chi connectivity index (χ0) is 15.8. The zero-order valence-electron chi connectivity index (χ0n) is 13.2. The minimum atomic E-state index is -0.452. The number of hydrogen-bond acceptors (Lipinski definition) is 3. The number of ether oxygens (including phenoxy) is 1. The highest BCUT2D eigenvalue weighted by molar-refractivity contribution is 5.81. The number of carbonyl (C=O) groups is 1. The topological polar surface area (TPSA) is 51.5 Å². The van der Waals surface area contributed by atoms with Gasteiger partial charge in [0.2, 0.25) is 0 Å². The highest BCUT2D eigenvalue weighted by Crippen LogP contribution is 2.14. The van der Waals surface area contributed by atoms with Gasteiger partial charge in [-0.3, -0.25) is 4.79 Å². The summed E-state index contributed by atoms with van der Waals surface area (Å²) in [7, 11) is 0. The van der Waals surface area contributed by atoms with E-state index in [1.165, 1.54) is 5.56 Å². The number of benzene rings is 1. The first-order valence-electron chi connectivity index (χ1n) is 7.72. The highest BCUT2D eigenvalue weighted by atomic mass is 16.5. The van der Waals surface area contributed by atoms with Gasteiger partial charge in [-0.15, -0.1) is 0 Å². The summed E-state index contributed by atoms with van der Waals surface area (Å²) in [5.74, 6) is 1.60. The van der Waals surface area contributed by atoms with Crippen LogP contribution in [0.15, 0.2) is 47.1 Å². The number of carbonyl (C=O) groups excluding carboxylic acids is 1. The Kier molecular flexibility index (Phi) is 6.07. The first-order chi connectivity index (χ1) is 10.7. The van der Waals surface area contributed by atoms with E-state index in [0.29, 0.717) is 13.0 Å². The van der Waals surface area contributed by atoms with Crippen LogP contribution < -0.4 is 10.1 Å². The van der Waals surface area contributed by atoms with Gasteiger partial charge < -0.3 is 14.5 Å². The van der Waals surface area contributed by atoms with Gasteiger partial charge in [-0.25, -0.2) is 0 Å². The summed E-state index contributed by atoms with van der Waals surface area (Å²) in [5, 5.41) is 2.92. The van der Waals surface area contributed by atoms with Gasteiger partial charge in [-0.05, 0) is 44.0 Å². The van der Waals surface area contributed by atoms with E-state index in [1.54, 1.807) is 6.26 Å². The molecule has 0 bridgehead atoms. The molecule has 4 heteroatoms. The third-order valence-corrected chi connectivity index (χ3v) is 3.44. The van der Waals surface area contributed by atoms with Gasteiger partial charge in [-0.2, -0.15) is 0 Å². The maximum atomic E-state index is 12.1. The molecule has 0 spiro atoms. The molecule has 0 aliphatic carbocycles. The average Bonchev–Trinajstić information content (AvgIpc) is 3.04. The van der Waals surface area contributed by atoms with E-state index in [-0.39, 0.29) is 5.91 Å². The second-order valence-corrected chi connectivity index (χ2v) is 5.30. The lowest BCUT2D eigenvalue weighted by Gasteiger charge is -2.17. The lowest BCUT2D eigenvalue weighted by molar-refractivity contribution is -0.128. The minimum absolute atomic E-state index is 0.0671. The van der Waals surface area contributed by atoms with E-state index in [1.807, 2.05) is 50.2 Å². The number of aryl methyl sites for hydroxylation is 2. The minimum Gasteiger partial charge on any atom is -0.481 e. The van der Waals surface area contributed by atoms with Crippen molar-refractivity contribution >= 4 is 5.91 Å². The first kappa shape index (κ1) is 16.1. The van der Waals surface area contributed by atoms with Crippen molar-refractivity contribution in [2.75, 3.05) is 6.54 Å². The summed E-state index contributed by atoms with van der Waals surface area (Å²) < 4.78 is 11.0. The van der Waals surface area contributed by atoms with Gasteiger partial charge in [0.15, 0.2) is 6.10 Å². The van der Waals surface area contributed by atoms with Crippen LogP contribution in [-0.2, 0) is 11.2 Å². The molecule has 1 aromatic carbocycles. The molecular weight excluding hydrogens is 278 g/mol. The Morgan fingerprint density at radius 1 is 1.27 bits per heavy atom. The molecule has 1 heterocycles. The van der Waals surface area contributed by atoms with Crippen molar-refractivity contribution in [3.63, 3.8) is 0 Å². The molecule has 0 radical (unpaired) electrons. The second kappa shape index (κ2) is 8.27. The molecule has 0 fully saturated rings. The standard InChI is InChI=1S/C18H23NO3/c1-3-17(22-16-10-8-14(2)9-11-16)18(20)19-12-4-6-15-7-5-13-21-15/h5,7-11,13,17H,3-4,6,12H2,1-2H3,(H,19,20). The van der Waals surface area contributed by atoms with Gasteiger partial charge in [0.25, 0.3) is 5.91 Å². The molecule has 1 atom stereocenters. The Bertz CT molecular complexity index is 561. The van der Waals surface area contributed by atoms with Gasteiger partial charge in [-0.1, -0.05) is 24.6 Å². The van der Waals surface area contributed by atoms with Crippen LogP contribution in [0.4, 0.5) is 0 Å². The average molecular weight is 301 g/mol. The van der Waals surface area contributed by atoms with E-state index >= 15 is 0 Å². The van der Waals surface area contributed by atoms with Crippen molar-refractivity contribution in [2.45, 2.75) is 39.2 Å². The molecule has 22 heavy (non-hydrogen) atoms. The van der Waals surface area contributed by atoms with Crippen molar-refractivity contribution in [2.24, 2.45) is 0 Å². The Morgan fingerprint density at radius 2 is 2.05 bits per heavy atom. The van der Waals surface area contributed by atoms with Gasteiger partial charge >= 0.3 is 0 Å². The third kappa shape index (κ3) is 4.95. The summed E-state index contributed by atoms with van der Waals surface area (Å²) >= 11 is 0. The second-order valence-electron chi connectivity index (χ2n) is 5.30. The smallest absolute Gasteiger partial charge is 0.261 e. The Hall–Kier alpha value is -2.23. The summed E-state index contributed by atoms with van der Waals surface area (Å²) in [6, 6.07) is 11.5. The van der Waals surface area contributed by atoms with Crippen LogP contribution in [0.5, 0.6) is 5.75 Å². The molecule has 4 nitrogen and oxygen atoms in total. The summed E-state index contributed by atoms with van der Waals surface area (Å²) in [6.07, 6.45) is 3.52. The molecule has 1 N–H and O–H groups in total. The molecular formula is C18H23NO3. The van der Waals surface area contributed by atoms with Crippen LogP contribution in [0.25, 0.3) is 0 Å². The van der Waals surface area contributed by atoms with Gasteiger partial charge in [0, 0.05) is 13.0 Å². The molecule has 0 aliphatic heterocycles. The number of nitrogens with one attached hydrogen (secondary N) is 1. The van der Waals surface area contributed by atoms with Crippen molar-refractivity contribution in [3.8, 4) is 5.75 Å². The molecule has 1 aromatic heterocycles. The molecule has 1 amide bonds. The van der Waals surface area contributed by atoms with Gasteiger partial charge in [0.1, 0.15) is 11.5 Å². The summed E-state index contributed by atoms with van der Waals surface area (Å²) in [5.41, 5.74) is 1.17. The largest absolute Gasteiger partial charge is 0.481 e. The molecule has 2 aromatic rings. The predicted octanol–water partition coefficient (Wildman–Crippen LogP) is 3.49. The summed E-state index contributed by atoms with van der Waals surface area (Å²) in [6.45, 7) is 4.58. The van der Waals surface area contributed by atoms with Gasteiger partial charge in [0.05, 0.1) is 6.26 Å². The highest BCUT2D eigenvalue weighted by Gasteiger charge is 2.17. The fourth-order valence-electron chi connectivity index (χ4n) is 2.15. The number of amides is 1. The van der Waals surface area contributed by atoms with Crippen molar-refractivity contribution in [3.05, 3.63) is 54.0 Å². The molecule has 118 valence electrons. The predicted molar refractivity (Wildman–Crippen MR) is 85.9 cm³/mol. The maximum absolute atomic E-state index is 12.1. The fraction of sp³-hybridized carbons (Fsp3) is 0.389. The number of rotatable bonds is 8. The van der Waals surface area contributed by atoms with E-state index in [9.17, 15) is 4.79 Å². The third-order valence-electron chi connectivity index (χ3n) is 3.44. The molecule has 2 rings (SSSR count). The van der Waals surface area contributed by atoms with Crippen molar-refractivity contribution in [1.29, 1.82) is 0 Å². The lowest BCUT2D eigenvalue weighted by Crippen LogP contribution is -2.38. The molecule has 1 unspecified atom stereocenters. The van der Waals surface area contributed by atoms with E-state index in [0.717, 1.165) is 24.4 Å². The van der Waals surface area contributed by atoms with Crippen LogP contribution in [0, 0.1) is 6.92 Å². The van der Waals surface area contributed by atoms with Crippen LogP contribution in [0.2, 0.25) is 0 Å². The molecule has 0 saturated heterocycles. The number of hydrogen-bond donors (Lipinski definition) is 1. The Morgan fingerprint density at radius 3 is 2.68 bits per heavy atom. The summed E-state index contributed by atoms with van der Waals surface area (Å²) in [4.78, 5) is 12.1. The molecule has 0 aliphatic rings. The lowest BCUT2D eigenvalue weighted by atomic mass is 10.2. The fourth-order valence-corrected chi connectivity index (χ4v) is 2.15. The van der Waals surface area contributed by atoms with Crippen molar-refractivity contribution in [1.82, 2.24) is 5.32 Å². The van der Waals surface area contributed by atoms with Crippen LogP contribution in [0.3, 0.4) is 0 Å². The normalized spacial score (nSPS) is 11.9. The monoisotopic (exact) mass is 301 g/mol. The zero-order valence-corrected chi connectivity index (χ0v) is 13.2. The Balaban J connectivity index is 1.75. The van der Waals surface area contributed by atoms with Crippen LogP contribution >= 0.6 is 0 Å². The van der Waals surface area contributed by atoms with Crippen LogP contribution in [0.1, 0.15) is 31.1 Å². The van der Waals surface area contributed by atoms with E-state index in [2.05, 4.69) is 5.32 Å². The Labute approximate surface area is 131 Å². The SMILES string of the molecule is CCC(Oc1ccc(C)cc1)C(=O)NCCCc1ccco1. The quantitative estimate of drug-likeness (QED) is 0.759. The van der Waals surface area contributed by atoms with Crippen molar-refractivity contribution < 1.29 is 13.9 Å². The van der Waals surface area contributed by atoms with E-state index < -0.39 is 6.10 Å². The number of furan rings is 1. The van der Waals surface area contributed by atoms with Crippen LogP contribution in [-0.4, -0.2) is 18.6 Å². The molecule has 0 saturated carbocycles. The first-order valence-corrected chi connectivity index (χ1v) is 7.72. The van der Waals surface area contributed by atoms with E-state index in [4.69, 9.17) is 9.15 Å².